The summed E-state index contributed by atoms with van der Waals surface area (Å²) in [5, 5.41) is 4.26. The molecule has 160 valence electrons. The van der Waals surface area contributed by atoms with Gasteiger partial charge in [-0.05, 0) is 31.0 Å². The Kier molecular flexibility index (Phi) is 6.42. The summed E-state index contributed by atoms with van der Waals surface area (Å²) >= 11 is 0. The van der Waals surface area contributed by atoms with E-state index < -0.39 is 0 Å². The Hall–Kier alpha value is -2.74. The van der Waals surface area contributed by atoms with Gasteiger partial charge in [-0.25, -0.2) is 9.07 Å². The Morgan fingerprint density at radius 2 is 1.57 bits per heavy atom. The summed E-state index contributed by atoms with van der Waals surface area (Å²) in [7, 11) is 0. The molecule has 0 N–H and O–H groups in total. The molecule has 2 fully saturated rings. The van der Waals surface area contributed by atoms with Crippen LogP contribution in [-0.2, 0) is 4.79 Å². The first-order valence-electron chi connectivity index (χ1n) is 10.7. The fourth-order valence-corrected chi connectivity index (χ4v) is 4.09. The summed E-state index contributed by atoms with van der Waals surface area (Å²) in [5.74, 6) is -0.355. The van der Waals surface area contributed by atoms with Gasteiger partial charge in [0.05, 0.1) is 6.54 Å². The van der Waals surface area contributed by atoms with E-state index in [2.05, 4.69) is 10.00 Å². The number of para-hydroxylation sites is 1. The van der Waals surface area contributed by atoms with Gasteiger partial charge in [-0.15, -0.1) is 0 Å². The van der Waals surface area contributed by atoms with Crippen molar-refractivity contribution in [2.75, 3.05) is 45.8 Å². The summed E-state index contributed by atoms with van der Waals surface area (Å²) in [6, 6.07) is 7.95. The first-order chi connectivity index (χ1) is 14.6. The van der Waals surface area contributed by atoms with Gasteiger partial charge in [-0.2, -0.15) is 5.10 Å². The van der Waals surface area contributed by atoms with E-state index in [1.54, 1.807) is 35.4 Å². The van der Waals surface area contributed by atoms with Crippen LogP contribution in [0.15, 0.2) is 36.5 Å². The summed E-state index contributed by atoms with van der Waals surface area (Å²) in [6.07, 6.45) is 6.19. The van der Waals surface area contributed by atoms with Crippen LogP contribution in [0.2, 0.25) is 0 Å². The quantitative estimate of drug-likeness (QED) is 0.771. The summed E-state index contributed by atoms with van der Waals surface area (Å²) < 4.78 is 15.3. The number of nitrogens with zero attached hydrogens (tertiary/aromatic N) is 5. The van der Waals surface area contributed by atoms with Gasteiger partial charge in [0.25, 0.3) is 5.91 Å². The highest BCUT2D eigenvalue weighted by Crippen LogP contribution is 2.14. The lowest BCUT2D eigenvalue weighted by atomic mass is 10.2. The third-order valence-electron chi connectivity index (χ3n) is 5.88. The third-order valence-corrected chi connectivity index (χ3v) is 5.88. The normalized spacial score (nSPS) is 18.3. The molecule has 1 aromatic carbocycles. The van der Waals surface area contributed by atoms with E-state index >= 15 is 0 Å². The largest absolute Gasteiger partial charge is 0.342 e. The molecule has 0 spiro atoms. The Morgan fingerprint density at radius 3 is 2.27 bits per heavy atom. The summed E-state index contributed by atoms with van der Waals surface area (Å²) in [6.45, 7) is 4.59. The van der Waals surface area contributed by atoms with E-state index in [1.165, 1.54) is 23.6 Å². The number of amides is 2. The van der Waals surface area contributed by atoms with Crippen molar-refractivity contribution in [2.24, 2.45) is 0 Å². The van der Waals surface area contributed by atoms with Crippen molar-refractivity contribution in [1.82, 2.24) is 24.5 Å². The molecule has 0 radical (unpaired) electrons. The van der Waals surface area contributed by atoms with Gasteiger partial charge in [-0.1, -0.05) is 25.0 Å². The molecule has 2 aromatic rings. The van der Waals surface area contributed by atoms with Gasteiger partial charge in [0.1, 0.15) is 11.5 Å². The van der Waals surface area contributed by atoms with E-state index in [0.717, 1.165) is 25.9 Å². The van der Waals surface area contributed by atoms with E-state index in [0.29, 0.717) is 44.1 Å². The van der Waals surface area contributed by atoms with Crippen LogP contribution in [0.1, 0.15) is 36.2 Å². The maximum absolute atomic E-state index is 14.0. The van der Waals surface area contributed by atoms with Crippen LogP contribution < -0.4 is 0 Å². The monoisotopic (exact) mass is 413 g/mol. The van der Waals surface area contributed by atoms with Crippen LogP contribution in [0, 0.1) is 5.82 Å². The molecule has 2 amide bonds. The van der Waals surface area contributed by atoms with Crippen molar-refractivity contribution < 1.29 is 14.0 Å². The number of hydrogen-bond donors (Lipinski definition) is 0. The second-order valence-electron chi connectivity index (χ2n) is 7.96. The molecule has 0 atom stereocenters. The molecule has 8 heteroatoms. The number of carbonyl (C=O) groups is 2. The van der Waals surface area contributed by atoms with Crippen LogP contribution >= 0.6 is 0 Å². The van der Waals surface area contributed by atoms with Gasteiger partial charge in [-0.3, -0.25) is 14.5 Å². The van der Waals surface area contributed by atoms with Crippen LogP contribution in [0.25, 0.3) is 5.69 Å². The second-order valence-corrected chi connectivity index (χ2v) is 7.96. The zero-order chi connectivity index (χ0) is 20.9. The maximum atomic E-state index is 14.0. The molecular formula is C22H28FN5O2. The van der Waals surface area contributed by atoms with Gasteiger partial charge in [0, 0.05) is 45.5 Å². The van der Waals surface area contributed by atoms with Crippen molar-refractivity contribution >= 4 is 11.8 Å². The molecule has 1 aromatic heterocycles. The Morgan fingerprint density at radius 1 is 0.867 bits per heavy atom. The third kappa shape index (κ3) is 4.70. The second kappa shape index (κ2) is 9.38. The minimum absolute atomic E-state index is 0.163. The van der Waals surface area contributed by atoms with Crippen LogP contribution in [0.3, 0.4) is 0 Å². The standard InChI is InChI=1S/C22H28FN5O2/c23-18-7-3-4-8-20(18)28-12-9-19(24-28)22(30)27-15-13-25(14-16-27)17-21(29)26-10-5-1-2-6-11-26/h3-4,7-9,12H,1-2,5-6,10-11,13-17H2. The highest BCUT2D eigenvalue weighted by molar-refractivity contribution is 5.92. The van der Waals surface area contributed by atoms with Gasteiger partial charge in [0.2, 0.25) is 5.91 Å². The molecule has 2 saturated heterocycles. The van der Waals surface area contributed by atoms with Gasteiger partial charge >= 0.3 is 0 Å². The van der Waals surface area contributed by atoms with Crippen LogP contribution in [-0.4, -0.2) is 82.1 Å². The fraction of sp³-hybridized carbons (Fsp3) is 0.500. The lowest BCUT2D eigenvalue weighted by Gasteiger charge is -2.35. The van der Waals surface area contributed by atoms with Crippen LogP contribution in [0.5, 0.6) is 0 Å². The first-order valence-corrected chi connectivity index (χ1v) is 10.7. The highest BCUT2D eigenvalue weighted by Gasteiger charge is 2.26. The number of likely N-dealkylation sites (tertiary alicyclic amines) is 1. The number of piperazine rings is 1. The molecule has 2 aliphatic rings. The topological polar surface area (TPSA) is 61.7 Å². The molecule has 0 unspecified atom stereocenters. The van der Waals surface area contributed by atoms with E-state index in [1.807, 2.05) is 4.90 Å². The highest BCUT2D eigenvalue weighted by atomic mass is 19.1. The lowest BCUT2D eigenvalue weighted by molar-refractivity contribution is -0.132. The number of rotatable bonds is 4. The SMILES string of the molecule is O=C(CN1CCN(C(=O)c2ccn(-c3ccccc3F)n2)CC1)N1CCCCCC1. The molecule has 3 heterocycles. The average molecular weight is 413 g/mol. The van der Waals surface area contributed by atoms with Crippen molar-refractivity contribution in [3.63, 3.8) is 0 Å². The molecule has 30 heavy (non-hydrogen) atoms. The van der Waals surface area contributed by atoms with Crippen molar-refractivity contribution in [2.45, 2.75) is 25.7 Å². The zero-order valence-corrected chi connectivity index (χ0v) is 17.2. The predicted molar refractivity (Wildman–Crippen MR) is 111 cm³/mol. The van der Waals surface area contributed by atoms with E-state index in [9.17, 15) is 14.0 Å². The number of hydrogen-bond acceptors (Lipinski definition) is 4. The number of halogens is 1. The number of benzene rings is 1. The Bertz CT molecular complexity index is 883. The minimum atomic E-state index is -0.387. The summed E-state index contributed by atoms with van der Waals surface area (Å²) in [5.41, 5.74) is 0.612. The lowest BCUT2D eigenvalue weighted by Crippen LogP contribution is -2.51. The van der Waals surface area contributed by atoms with Gasteiger partial charge < -0.3 is 9.80 Å². The molecule has 0 aliphatic carbocycles. The van der Waals surface area contributed by atoms with Gasteiger partial charge in [0.15, 0.2) is 5.69 Å². The minimum Gasteiger partial charge on any atom is -0.342 e. The first kappa shape index (κ1) is 20.5. The number of aromatic nitrogens is 2. The molecule has 0 saturated carbocycles. The fourth-order valence-electron chi connectivity index (χ4n) is 4.09. The number of carbonyl (C=O) groups excluding carboxylic acids is 2. The molecule has 7 nitrogen and oxygen atoms in total. The Balaban J connectivity index is 1.30. The predicted octanol–water partition coefficient (Wildman–Crippen LogP) is 2.17. The average Bonchev–Trinajstić information content (AvgIpc) is 3.08. The van der Waals surface area contributed by atoms with Crippen molar-refractivity contribution in [3.05, 3.63) is 48.0 Å². The molecule has 4 rings (SSSR count). The Labute approximate surface area is 176 Å². The smallest absolute Gasteiger partial charge is 0.274 e. The molecule has 0 bridgehead atoms. The molecule has 2 aliphatic heterocycles. The van der Waals surface area contributed by atoms with Crippen LogP contribution in [0.4, 0.5) is 4.39 Å². The van der Waals surface area contributed by atoms with E-state index in [4.69, 9.17) is 0 Å². The van der Waals surface area contributed by atoms with E-state index in [-0.39, 0.29) is 17.6 Å². The molecular weight excluding hydrogens is 385 g/mol. The van der Waals surface area contributed by atoms with Crippen molar-refractivity contribution in [3.8, 4) is 5.69 Å². The van der Waals surface area contributed by atoms with Crippen molar-refractivity contribution in [1.29, 1.82) is 0 Å². The maximum Gasteiger partial charge on any atom is 0.274 e. The summed E-state index contributed by atoms with van der Waals surface area (Å²) in [4.78, 5) is 31.2. The zero-order valence-electron chi connectivity index (χ0n) is 17.2.